The summed E-state index contributed by atoms with van der Waals surface area (Å²) in [6.07, 6.45) is 1.18. The highest BCUT2D eigenvalue weighted by Crippen LogP contribution is 2.28. The Bertz CT molecular complexity index is 390. The van der Waals surface area contributed by atoms with Crippen LogP contribution >= 0.6 is 0 Å². The maximum Gasteiger partial charge on any atom is 0.262 e. The molecule has 0 radical (unpaired) electrons. The third-order valence-corrected chi connectivity index (χ3v) is 2.00. The summed E-state index contributed by atoms with van der Waals surface area (Å²) in [5, 5.41) is 9.68. The summed E-state index contributed by atoms with van der Waals surface area (Å²) in [4.78, 5) is 21.3. The Morgan fingerprint density at radius 3 is 2.94 bits per heavy atom. The molecule has 1 amide bonds. The third kappa shape index (κ3) is 2.80. The number of aldehydes is 1. The first-order valence-electron chi connectivity index (χ1n) is 4.73. The van der Waals surface area contributed by atoms with Gasteiger partial charge in [0.15, 0.2) is 6.61 Å². The van der Waals surface area contributed by atoms with Crippen molar-refractivity contribution in [1.29, 1.82) is 0 Å². The van der Waals surface area contributed by atoms with E-state index in [2.05, 4.69) is 5.32 Å². The van der Waals surface area contributed by atoms with Crippen molar-refractivity contribution >= 4 is 17.9 Å². The van der Waals surface area contributed by atoms with Crippen LogP contribution in [0.25, 0.3) is 0 Å². The third-order valence-electron chi connectivity index (χ3n) is 2.00. The standard InChI is InChI=1S/C10H9NO3.CH4O/c12-4-3-7-1-2-9-8(5-7)11-10(13)6-14-9;1-2/h1-2,4-5H,3,6H2,(H,11,13);2H,1H3. The number of carbonyl (C=O) groups is 2. The summed E-state index contributed by atoms with van der Waals surface area (Å²) in [5.74, 6) is 0.486. The zero-order chi connectivity index (χ0) is 12.0. The Kier molecular flexibility index (Phi) is 4.47. The van der Waals surface area contributed by atoms with Crippen molar-refractivity contribution in [2.45, 2.75) is 6.42 Å². The van der Waals surface area contributed by atoms with Crippen molar-refractivity contribution < 1.29 is 19.4 Å². The first kappa shape index (κ1) is 12.2. The fraction of sp³-hybridized carbons (Fsp3) is 0.273. The quantitative estimate of drug-likeness (QED) is 0.710. The molecule has 0 aromatic heterocycles. The highest BCUT2D eigenvalue weighted by Gasteiger charge is 2.15. The minimum atomic E-state index is -0.166. The molecular formula is C11H13NO4. The van der Waals surface area contributed by atoms with Crippen molar-refractivity contribution in [3.63, 3.8) is 0 Å². The van der Waals surface area contributed by atoms with Gasteiger partial charge in [0.1, 0.15) is 12.0 Å². The van der Waals surface area contributed by atoms with Gasteiger partial charge in [-0.05, 0) is 17.7 Å². The van der Waals surface area contributed by atoms with E-state index < -0.39 is 0 Å². The number of aliphatic hydroxyl groups is 1. The Morgan fingerprint density at radius 2 is 2.25 bits per heavy atom. The van der Waals surface area contributed by atoms with Gasteiger partial charge < -0.3 is 20.0 Å². The molecule has 5 heteroatoms. The van der Waals surface area contributed by atoms with E-state index in [4.69, 9.17) is 9.84 Å². The van der Waals surface area contributed by atoms with Crippen LogP contribution < -0.4 is 10.1 Å². The molecule has 16 heavy (non-hydrogen) atoms. The van der Waals surface area contributed by atoms with Crippen molar-refractivity contribution in [2.24, 2.45) is 0 Å². The van der Waals surface area contributed by atoms with E-state index >= 15 is 0 Å². The predicted molar refractivity (Wildman–Crippen MR) is 58.5 cm³/mol. The lowest BCUT2D eigenvalue weighted by Crippen LogP contribution is -2.25. The molecule has 1 heterocycles. The monoisotopic (exact) mass is 223 g/mol. The second-order valence-electron chi connectivity index (χ2n) is 3.04. The second kappa shape index (κ2) is 5.87. The lowest BCUT2D eigenvalue weighted by Gasteiger charge is -2.18. The van der Waals surface area contributed by atoms with Gasteiger partial charge in [0.25, 0.3) is 5.91 Å². The SMILES string of the molecule is CO.O=CCc1ccc2c(c1)NC(=O)CO2. The molecule has 0 unspecified atom stereocenters. The van der Waals surface area contributed by atoms with Gasteiger partial charge in [-0.3, -0.25) is 4.79 Å². The Morgan fingerprint density at radius 1 is 1.50 bits per heavy atom. The highest BCUT2D eigenvalue weighted by atomic mass is 16.5. The number of hydrogen-bond donors (Lipinski definition) is 2. The van der Waals surface area contributed by atoms with Crippen molar-refractivity contribution in [1.82, 2.24) is 0 Å². The van der Waals surface area contributed by atoms with Crippen LogP contribution in [0.2, 0.25) is 0 Å². The molecule has 1 aromatic carbocycles. The fourth-order valence-corrected chi connectivity index (χ4v) is 1.35. The molecule has 86 valence electrons. The molecule has 0 fully saturated rings. The normalized spacial score (nSPS) is 12.5. The summed E-state index contributed by atoms with van der Waals surface area (Å²) >= 11 is 0. The minimum absolute atomic E-state index is 0.0556. The molecule has 2 rings (SSSR count). The van der Waals surface area contributed by atoms with E-state index in [1.807, 2.05) is 6.07 Å². The van der Waals surface area contributed by atoms with Crippen molar-refractivity contribution in [3.8, 4) is 5.75 Å². The number of benzene rings is 1. The summed E-state index contributed by atoms with van der Waals surface area (Å²) < 4.78 is 5.17. The minimum Gasteiger partial charge on any atom is -0.482 e. The molecular weight excluding hydrogens is 210 g/mol. The highest BCUT2D eigenvalue weighted by molar-refractivity contribution is 5.95. The van der Waals surface area contributed by atoms with Crippen LogP contribution in [0.4, 0.5) is 5.69 Å². The molecule has 1 aliphatic rings. The first-order valence-corrected chi connectivity index (χ1v) is 4.73. The number of amides is 1. The summed E-state index contributed by atoms with van der Waals surface area (Å²) in [6, 6.07) is 5.32. The van der Waals surface area contributed by atoms with Crippen LogP contribution in [0.15, 0.2) is 18.2 Å². The van der Waals surface area contributed by atoms with Gasteiger partial charge in [0, 0.05) is 13.5 Å². The van der Waals surface area contributed by atoms with Gasteiger partial charge in [-0.15, -0.1) is 0 Å². The molecule has 1 aliphatic heterocycles. The Labute approximate surface area is 93.0 Å². The van der Waals surface area contributed by atoms with E-state index in [1.165, 1.54) is 0 Å². The number of carbonyl (C=O) groups excluding carboxylic acids is 2. The second-order valence-corrected chi connectivity index (χ2v) is 3.04. The van der Waals surface area contributed by atoms with Crippen LogP contribution in [0, 0.1) is 0 Å². The maximum atomic E-state index is 11.0. The smallest absolute Gasteiger partial charge is 0.262 e. The van der Waals surface area contributed by atoms with Crippen LogP contribution in [-0.4, -0.2) is 31.0 Å². The summed E-state index contributed by atoms with van der Waals surface area (Å²) in [6.45, 7) is 0.0556. The summed E-state index contributed by atoms with van der Waals surface area (Å²) in [7, 11) is 1.00. The lowest BCUT2D eigenvalue weighted by atomic mass is 10.1. The molecule has 1 aromatic rings. The predicted octanol–water partition coefficient (Wildman–Crippen LogP) is 0.367. The number of anilines is 1. The number of nitrogens with one attached hydrogen (secondary N) is 1. The van der Waals surface area contributed by atoms with Crippen LogP contribution in [-0.2, 0) is 16.0 Å². The number of fused-ring (bicyclic) bond motifs is 1. The first-order chi connectivity index (χ1) is 7.79. The van der Waals surface area contributed by atoms with Gasteiger partial charge in [0.05, 0.1) is 5.69 Å². The molecule has 0 bridgehead atoms. The van der Waals surface area contributed by atoms with Crippen LogP contribution in [0.3, 0.4) is 0 Å². The molecule has 2 N–H and O–H groups in total. The van der Waals surface area contributed by atoms with E-state index in [9.17, 15) is 9.59 Å². The van der Waals surface area contributed by atoms with E-state index in [-0.39, 0.29) is 12.5 Å². The molecule has 0 saturated carbocycles. The number of rotatable bonds is 2. The number of aliphatic hydroxyl groups excluding tert-OH is 1. The molecule has 0 spiro atoms. The molecule has 0 atom stereocenters. The zero-order valence-corrected chi connectivity index (χ0v) is 8.90. The average molecular weight is 223 g/mol. The average Bonchev–Trinajstić information content (AvgIpc) is 2.31. The van der Waals surface area contributed by atoms with E-state index in [0.717, 1.165) is 19.0 Å². The van der Waals surface area contributed by atoms with Crippen LogP contribution in [0.5, 0.6) is 5.75 Å². The van der Waals surface area contributed by atoms with Crippen molar-refractivity contribution in [3.05, 3.63) is 23.8 Å². The fourth-order valence-electron chi connectivity index (χ4n) is 1.35. The Balaban J connectivity index is 0.000000606. The lowest BCUT2D eigenvalue weighted by molar-refractivity contribution is -0.118. The molecule has 0 saturated heterocycles. The topological polar surface area (TPSA) is 75.6 Å². The van der Waals surface area contributed by atoms with Gasteiger partial charge in [-0.2, -0.15) is 0 Å². The number of ether oxygens (including phenoxy) is 1. The van der Waals surface area contributed by atoms with E-state index in [0.29, 0.717) is 17.9 Å². The van der Waals surface area contributed by atoms with Crippen molar-refractivity contribution in [2.75, 3.05) is 19.0 Å². The summed E-state index contributed by atoms with van der Waals surface area (Å²) in [5.41, 5.74) is 1.50. The Hall–Kier alpha value is -1.88. The zero-order valence-electron chi connectivity index (χ0n) is 8.90. The maximum absolute atomic E-state index is 11.0. The number of hydrogen-bond acceptors (Lipinski definition) is 4. The largest absolute Gasteiger partial charge is 0.482 e. The molecule has 0 aliphatic carbocycles. The van der Waals surface area contributed by atoms with Gasteiger partial charge >= 0.3 is 0 Å². The van der Waals surface area contributed by atoms with Crippen LogP contribution in [0.1, 0.15) is 5.56 Å². The molecule has 5 nitrogen and oxygen atoms in total. The van der Waals surface area contributed by atoms with Gasteiger partial charge in [-0.1, -0.05) is 6.07 Å². The van der Waals surface area contributed by atoms with Gasteiger partial charge in [-0.25, -0.2) is 0 Å². The van der Waals surface area contributed by atoms with E-state index in [1.54, 1.807) is 12.1 Å². The van der Waals surface area contributed by atoms with Gasteiger partial charge in [0.2, 0.25) is 0 Å².